The maximum Gasteiger partial charge on any atom is 0.253 e. The maximum absolute atomic E-state index is 12.8. The number of β-amino-alcohol motifs (C(OH)–C–C–N with tert-alkyl or cyclic N) is 1. The molecule has 1 unspecified atom stereocenters. The monoisotopic (exact) mass is 481 g/mol. The van der Waals surface area contributed by atoms with Crippen molar-refractivity contribution in [3.05, 3.63) is 59.2 Å². The molecule has 2 aromatic carbocycles. The Hall–Kier alpha value is -3.08. The van der Waals surface area contributed by atoms with Gasteiger partial charge in [-0.2, -0.15) is 5.26 Å². The lowest BCUT2D eigenvalue weighted by Gasteiger charge is -2.28. The average molecular weight is 482 g/mol. The topological polar surface area (TPSA) is 94.8 Å². The maximum atomic E-state index is 12.8. The Bertz CT molecular complexity index is 977. The molecule has 1 atom stereocenters. The SMILES string of the molecule is CCCN(CCC)C(=O)c1ccc(OCC(O)CNC(C)(C)Cc2ccc(OC)cc2)c(C#N)c1. The summed E-state index contributed by atoms with van der Waals surface area (Å²) in [7, 11) is 1.64. The molecule has 1 amide bonds. The number of nitriles is 1. The largest absolute Gasteiger partial charge is 0.497 e. The predicted octanol–water partition coefficient (Wildman–Crippen LogP) is 4.18. The molecule has 7 nitrogen and oxygen atoms in total. The summed E-state index contributed by atoms with van der Waals surface area (Å²) in [4.78, 5) is 14.6. The Kier molecular flexibility index (Phi) is 11.0. The van der Waals surface area contributed by atoms with E-state index in [1.807, 2.05) is 38.1 Å². The van der Waals surface area contributed by atoms with Crippen LogP contribution < -0.4 is 14.8 Å². The molecule has 2 rings (SSSR count). The molecule has 0 aromatic heterocycles. The lowest BCUT2D eigenvalue weighted by atomic mass is 9.94. The lowest BCUT2D eigenvalue weighted by molar-refractivity contribution is 0.0755. The molecule has 0 aliphatic rings. The molecular weight excluding hydrogens is 442 g/mol. The Morgan fingerprint density at radius 2 is 1.80 bits per heavy atom. The van der Waals surface area contributed by atoms with Gasteiger partial charge in [-0.25, -0.2) is 0 Å². The van der Waals surface area contributed by atoms with Gasteiger partial charge in [0.05, 0.1) is 12.7 Å². The Morgan fingerprint density at radius 3 is 2.37 bits per heavy atom. The van der Waals surface area contributed by atoms with Crippen molar-refractivity contribution in [2.75, 3.05) is 33.4 Å². The number of rotatable bonds is 14. The fourth-order valence-corrected chi connectivity index (χ4v) is 3.87. The first-order valence-corrected chi connectivity index (χ1v) is 12.2. The van der Waals surface area contributed by atoms with E-state index in [1.54, 1.807) is 30.2 Å². The molecule has 0 fully saturated rings. The van der Waals surface area contributed by atoms with Gasteiger partial charge < -0.3 is 24.8 Å². The number of methoxy groups -OCH3 is 1. The molecule has 0 saturated heterocycles. The highest BCUT2D eigenvalue weighted by molar-refractivity contribution is 5.94. The first kappa shape index (κ1) is 28.2. The highest BCUT2D eigenvalue weighted by Crippen LogP contribution is 2.21. The van der Waals surface area contributed by atoms with Crippen LogP contribution in [0.2, 0.25) is 0 Å². The summed E-state index contributed by atoms with van der Waals surface area (Å²) < 4.78 is 10.9. The van der Waals surface area contributed by atoms with E-state index < -0.39 is 6.10 Å². The molecule has 7 heteroatoms. The van der Waals surface area contributed by atoms with Crippen LogP contribution in [0.3, 0.4) is 0 Å². The minimum Gasteiger partial charge on any atom is -0.497 e. The van der Waals surface area contributed by atoms with E-state index in [0.717, 1.165) is 25.0 Å². The van der Waals surface area contributed by atoms with Gasteiger partial charge in [-0.3, -0.25) is 4.79 Å². The number of benzene rings is 2. The van der Waals surface area contributed by atoms with Crippen molar-refractivity contribution >= 4 is 5.91 Å². The molecule has 0 bridgehead atoms. The summed E-state index contributed by atoms with van der Waals surface area (Å²) in [6, 6.07) is 14.9. The van der Waals surface area contributed by atoms with Crippen molar-refractivity contribution in [2.24, 2.45) is 0 Å². The summed E-state index contributed by atoms with van der Waals surface area (Å²) in [5.74, 6) is 1.10. The summed E-state index contributed by atoms with van der Waals surface area (Å²) in [6.07, 6.45) is 1.77. The van der Waals surface area contributed by atoms with Crippen molar-refractivity contribution in [2.45, 2.75) is 58.6 Å². The fourth-order valence-electron chi connectivity index (χ4n) is 3.87. The molecule has 35 heavy (non-hydrogen) atoms. The van der Waals surface area contributed by atoms with Crippen LogP contribution in [0.5, 0.6) is 11.5 Å². The number of aliphatic hydroxyl groups excluding tert-OH is 1. The summed E-state index contributed by atoms with van der Waals surface area (Å²) in [6.45, 7) is 9.96. The highest BCUT2D eigenvalue weighted by Gasteiger charge is 2.20. The van der Waals surface area contributed by atoms with Gasteiger partial charge in [-0.05, 0) is 69.0 Å². The third kappa shape index (κ3) is 8.89. The molecular formula is C28H39N3O4. The van der Waals surface area contributed by atoms with Crippen molar-refractivity contribution in [1.29, 1.82) is 5.26 Å². The lowest BCUT2D eigenvalue weighted by Crippen LogP contribution is -2.46. The second kappa shape index (κ2) is 13.7. The van der Waals surface area contributed by atoms with Gasteiger partial charge in [0, 0.05) is 30.7 Å². The minimum absolute atomic E-state index is 0.0331. The first-order valence-electron chi connectivity index (χ1n) is 12.2. The van der Waals surface area contributed by atoms with E-state index in [2.05, 4.69) is 25.2 Å². The number of nitrogens with one attached hydrogen (secondary N) is 1. The number of ether oxygens (including phenoxy) is 2. The van der Waals surface area contributed by atoms with Crippen LogP contribution in [0.25, 0.3) is 0 Å². The average Bonchev–Trinajstić information content (AvgIpc) is 2.86. The number of nitrogens with zero attached hydrogens (tertiary/aromatic N) is 2. The smallest absolute Gasteiger partial charge is 0.253 e. The van der Waals surface area contributed by atoms with Crippen molar-refractivity contribution in [3.8, 4) is 17.6 Å². The molecule has 0 saturated carbocycles. The summed E-state index contributed by atoms with van der Waals surface area (Å²) in [5, 5.41) is 23.4. The normalized spacial score (nSPS) is 12.0. The van der Waals surface area contributed by atoms with Crippen molar-refractivity contribution in [3.63, 3.8) is 0 Å². The number of hydrogen-bond acceptors (Lipinski definition) is 6. The third-order valence-corrected chi connectivity index (χ3v) is 5.67. The van der Waals surface area contributed by atoms with Crippen LogP contribution in [0.4, 0.5) is 0 Å². The molecule has 2 aromatic rings. The number of aliphatic hydroxyl groups is 1. The van der Waals surface area contributed by atoms with Gasteiger partial charge in [0.2, 0.25) is 0 Å². The van der Waals surface area contributed by atoms with E-state index >= 15 is 0 Å². The standard InChI is InChI=1S/C28H39N3O4/c1-6-14-31(15-7-2)27(33)22-10-13-26(23(16-22)18-29)35-20-24(32)19-30-28(3,4)17-21-8-11-25(34-5)12-9-21/h8-13,16,24,30,32H,6-7,14-15,17,19-20H2,1-5H3. The zero-order valence-corrected chi connectivity index (χ0v) is 21.6. The quantitative estimate of drug-likeness (QED) is 0.420. The molecule has 190 valence electrons. The van der Waals surface area contributed by atoms with Crippen molar-refractivity contribution < 1.29 is 19.4 Å². The number of hydrogen-bond donors (Lipinski definition) is 2. The van der Waals surface area contributed by atoms with Gasteiger partial charge in [0.1, 0.15) is 30.3 Å². The van der Waals surface area contributed by atoms with Crippen LogP contribution in [0.1, 0.15) is 62.0 Å². The van der Waals surface area contributed by atoms with Crippen LogP contribution in [0.15, 0.2) is 42.5 Å². The predicted molar refractivity (Wildman–Crippen MR) is 138 cm³/mol. The van der Waals surface area contributed by atoms with Gasteiger partial charge in [-0.15, -0.1) is 0 Å². The number of carbonyl (C=O) groups is 1. The Balaban J connectivity index is 1.92. The van der Waals surface area contributed by atoms with Crippen LogP contribution in [-0.4, -0.2) is 60.9 Å². The molecule has 0 heterocycles. The summed E-state index contributed by atoms with van der Waals surface area (Å²) >= 11 is 0. The number of carbonyl (C=O) groups excluding carboxylic acids is 1. The second-order valence-electron chi connectivity index (χ2n) is 9.37. The Labute approximate surface area is 209 Å². The molecule has 0 radical (unpaired) electrons. The van der Waals surface area contributed by atoms with Crippen molar-refractivity contribution in [1.82, 2.24) is 10.2 Å². The minimum atomic E-state index is -0.761. The van der Waals surface area contributed by atoms with Gasteiger partial charge in [0.25, 0.3) is 5.91 Å². The van der Waals surface area contributed by atoms with Gasteiger partial charge in [0.15, 0.2) is 0 Å². The van der Waals surface area contributed by atoms with E-state index in [0.29, 0.717) is 30.9 Å². The van der Waals surface area contributed by atoms with E-state index in [9.17, 15) is 15.2 Å². The van der Waals surface area contributed by atoms with E-state index in [4.69, 9.17) is 9.47 Å². The van der Waals surface area contributed by atoms with Gasteiger partial charge >= 0.3 is 0 Å². The zero-order chi connectivity index (χ0) is 25.8. The van der Waals surface area contributed by atoms with Crippen LogP contribution >= 0.6 is 0 Å². The number of amides is 1. The zero-order valence-electron chi connectivity index (χ0n) is 21.6. The van der Waals surface area contributed by atoms with E-state index in [1.165, 1.54) is 5.56 Å². The summed E-state index contributed by atoms with van der Waals surface area (Å²) in [5.41, 5.74) is 1.68. The molecule has 2 N–H and O–H groups in total. The molecule has 0 spiro atoms. The molecule has 0 aliphatic carbocycles. The fraction of sp³-hybridized carbons (Fsp3) is 0.500. The third-order valence-electron chi connectivity index (χ3n) is 5.67. The van der Waals surface area contributed by atoms with Crippen LogP contribution in [-0.2, 0) is 6.42 Å². The van der Waals surface area contributed by atoms with Crippen LogP contribution in [0, 0.1) is 11.3 Å². The second-order valence-corrected chi connectivity index (χ2v) is 9.37. The first-order chi connectivity index (χ1) is 16.7. The highest BCUT2D eigenvalue weighted by atomic mass is 16.5. The van der Waals surface area contributed by atoms with E-state index in [-0.39, 0.29) is 23.6 Å². The Morgan fingerprint density at radius 1 is 1.14 bits per heavy atom. The van der Waals surface area contributed by atoms with Gasteiger partial charge in [-0.1, -0.05) is 26.0 Å². The molecule has 0 aliphatic heterocycles.